The molecular weight excluding hydrogens is 169 g/mol. The van der Waals surface area contributed by atoms with E-state index < -0.39 is 0 Å². The predicted octanol–water partition coefficient (Wildman–Crippen LogP) is -1.57. The lowest BCUT2D eigenvalue weighted by molar-refractivity contribution is -0.131. The highest BCUT2D eigenvalue weighted by Gasteiger charge is 2.33. The highest BCUT2D eigenvalue weighted by Crippen LogP contribution is 2.18. The first-order valence-electron chi connectivity index (χ1n) is 3.60. The van der Waals surface area contributed by atoms with E-state index in [0.29, 0.717) is 5.57 Å². The van der Waals surface area contributed by atoms with Crippen LogP contribution in [0.25, 0.3) is 0 Å². The van der Waals surface area contributed by atoms with Crippen LogP contribution < -0.4 is 0 Å². The fourth-order valence-corrected chi connectivity index (χ4v) is 1.16. The van der Waals surface area contributed by atoms with Crippen molar-refractivity contribution in [2.75, 3.05) is 0 Å². The molecule has 62 valence electrons. The van der Waals surface area contributed by atoms with Crippen molar-refractivity contribution < 1.29 is 9.59 Å². The third-order valence-corrected chi connectivity index (χ3v) is 1.87. The topological polar surface area (TPSA) is 62.1 Å². The standard InChI is InChI=1S/C7H4BN3O2/c8-11-6(12)4-1-2-9-10-3-5(4)7(11)13/h1,3H,8H2. The first-order chi connectivity index (χ1) is 6.22. The highest BCUT2D eigenvalue weighted by molar-refractivity contribution is 6.40. The van der Waals surface area contributed by atoms with Crippen LogP contribution in [0.5, 0.6) is 0 Å². The van der Waals surface area contributed by atoms with Crippen molar-refractivity contribution in [2.45, 2.75) is 0 Å². The molecule has 0 aromatic carbocycles. The smallest absolute Gasteiger partial charge is 0.250 e. The Morgan fingerprint density at radius 1 is 1.31 bits per heavy atom. The Kier molecular flexibility index (Phi) is 1.50. The summed E-state index contributed by atoms with van der Waals surface area (Å²) in [7, 11) is 1.43. The first kappa shape index (κ1) is 7.70. The van der Waals surface area contributed by atoms with E-state index in [1.807, 2.05) is 0 Å². The molecule has 0 aromatic heterocycles. The molecule has 0 N–H and O–H groups in total. The van der Waals surface area contributed by atoms with Gasteiger partial charge in [0.15, 0.2) is 0 Å². The molecular formula is C7H4BN3O2. The molecule has 5 nitrogen and oxygen atoms in total. The largest absolute Gasteiger partial charge is 0.328 e. The molecule has 0 saturated carbocycles. The molecule has 2 rings (SSSR count). The highest BCUT2D eigenvalue weighted by atomic mass is 16.2. The molecule has 0 aliphatic carbocycles. The van der Waals surface area contributed by atoms with Gasteiger partial charge in [-0.25, -0.2) is 0 Å². The Labute approximate surface area is 74.6 Å². The van der Waals surface area contributed by atoms with Gasteiger partial charge in [-0.15, -0.1) is 10.2 Å². The average Bonchev–Trinajstić information content (AvgIpc) is 2.40. The molecule has 0 fully saturated rings. The summed E-state index contributed by atoms with van der Waals surface area (Å²) in [5.74, 6) is 1.75. The van der Waals surface area contributed by atoms with E-state index in [4.69, 9.17) is 0 Å². The molecule has 2 aliphatic heterocycles. The van der Waals surface area contributed by atoms with Gasteiger partial charge < -0.3 is 4.81 Å². The summed E-state index contributed by atoms with van der Waals surface area (Å²) in [5, 5.41) is 6.98. The number of imide groups is 1. The van der Waals surface area contributed by atoms with Crippen molar-refractivity contribution in [3.63, 3.8) is 0 Å². The third-order valence-electron chi connectivity index (χ3n) is 1.87. The lowest BCUT2D eigenvalue weighted by Gasteiger charge is -2.05. The minimum Gasteiger partial charge on any atom is -0.328 e. The quantitative estimate of drug-likeness (QED) is 0.328. The van der Waals surface area contributed by atoms with E-state index in [9.17, 15) is 9.59 Å². The SMILES string of the molecule is BN1C(=O)C2=C(C=NN=C=C2)C1=O. The van der Waals surface area contributed by atoms with E-state index in [0.717, 1.165) is 4.81 Å². The van der Waals surface area contributed by atoms with Crippen LogP contribution in [-0.4, -0.2) is 36.7 Å². The van der Waals surface area contributed by atoms with Crippen LogP contribution in [-0.2, 0) is 9.59 Å². The predicted molar refractivity (Wildman–Crippen MR) is 47.9 cm³/mol. The summed E-state index contributed by atoms with van der Waals surface area (Å²) in [5.41, 5.74) is 0.582. The van der Waals surface area contributed by atoms with Gasteiger partial charge in [0.25, 0.3) is 5.91 Å². The second kappa shape index (κ2) is 2.53. The molecule has 2 aliphatic rings. The fourth-order valence-electron chi connectivity index (χ4n) is 1.16. The third kappa shape index (κ3) is 0.964. The summed E-state index contributed by atoms with van der Waals surface area (Å²) in [6.07, 6.45) is 2.64. The lowest BCUT2D eigenvalue weighted by Crippen LogP contribution is -2.28. The van der Waals surface area contributed by atoms with Crippen LogP contribution >= 0.6 is 0 Å². The Hall–Kier alpha value is -1.94. The number of hydrogen-bond donors (Lipinski definition) is 0. The van der Waals surface area contributed by atoms with Gasteiger partial charge in [0, 0.05) is 11.9 Å². The first-order valence-corrected chi connectivity index (χ1v) is 3.60. The molecule has 0 saturated heterocycles. The maximum absolute atomic E-state index is 11.4. The van der Waals surface area contributed by atoms with E-state index >= 15 is 0 Å². The average molecular weight is 173 g/mol. The number of carbonyl (C=O) groups excluding carboxylic acids is 2. The van der Waals surface area contributed by atoms with Crippen LogP contribution in [0.3, 0.4) is 0 Å². The van der Waals surface area contributed by atoms with Gasteiger partial charge in [0.2, 0.25) is 13.9 Å². The number of nitrogens with zero attached hydrogens (tertiary/aromatic N) is 3. The number of carbonyl (C=O) groups is 2. The summed E-state index contributed by atoms with van der Waals surface area (Å²) in [6.45, 7) is 0. The van der Waals surface area contributed by atoms with Crippen LogP contribution in [0, 0.1) is 0 Å². The van der Waals surface area contributed by atoms with E-state index in [1.165, 1.54) is 20.3 Å². The summed E-state index contributed by atoms with van der Waals surface area (Å²) in [4.78, 5) is 23.8. The van der Waals surface area contributed by atoms with Gasteiger partial charge in [-0.05, 0) is 0 Å². The van der Waals surface area contributed by atoms with Crippen molar-refractivity contribution in [1.82, 2.24) is 4.81 Å². The lowest BCUT2D eigenvalue weighted by atomic mass is 10.1. The maximum atomic E-state index is 11.4. The van der Waals surface area contributed by atoms with Gasteiger partial charge in [-0.2, -0.15) is 0 Å². The molecule has 0 unspecified atom stereocenters. The molecule has 6 heteroatoms. The van der Waals surface area contributed by atoms with Gasteiger partial charge >= 0.3 is 0 Å². The zero-order valence-electron chi connectivity index (χ0n) is 6.81. The van der Waals surface area contributed by atoms with Crippen molar-refractivity contribution in [1.29, 1.82) is 0 Å². The van der Waals surface area contributed by atoms with Crippen LogP contribution in [0.1, 0.15) is 0 Å². The van der Waals surface area contributed by atoms with Crippen LogP contribution in [0.2, 0.25) is 0 Å². The normalized spacial score (nSPS) is 19.8. The molecule has 0 aromatic rings. The monoisotopic (exact) mass is 173 g/mol. The van der Waals surface area contributed by atoms with E-state index in [1.54, 1.807) is 0 Å². The van der Waals surface area contributed by atoms with E-state index in [-0.39, 0.29) is 17.4 Å². The molecule has 0 radical (unpaired) electrons. The zero-order chi connectivity index (χ0) is 9.42. The summed E-state index contributed by atoms with van der Waals surface area (Å²) in [6, 6.07) is 0. The minimum atomic E-state index is -0.348. The molecule has 2 amide bonds. The number of hydrogen-bond acceptors (Lipinski definition) is 4. The molecule has 0 atom stereocenters. The maximum Gasteiger partial charge on any atom is 0.250 e. The summed E-state index contributed by atoms with van der Waals surface area (Å²) < 4.78 is 0. The van der Waals surface area contributed by atoms with Gasteiger partial charge in [0.1, 0.15) is 0 Å². The number of rotatable bonds is 0. The minimum absolute atomic E-state index is 0.279. The molecule has 0 spiro atoms. The second-order valence-electron chi connectivity index (χ2n) is 2.61. The van der Waals surface area contributed by atoms with Gasteiger partial charge in [-0.1, -0.05) is 0 Å². The Morgan fingerprint density at radius 2 is 2.00 bits per heavy atom. The van der Waals surface area contributed by atoms with E-state index in [2.05, 4.69) is 16.1 Å². The molecule has 0 bridgehead atoms. The fraction of sp³-hybridized carbons (Fsp3) is 0. The van der Waals surface area contributed by atoms with Crippen molar-refractivity contribution >= 4 is 31.9 Å². The van der Waals surface area contributed by atoms with Crippen LogP contribution in [0.4, 0.5) is 0 Å². The number of amides is 2. The zero-order valence-corrected chi connectivity index (χ0v) is 6.81. The van der Waals surface area contributed by atoms with Crippen molar-refractivity contribution in [3.8, 4) is 0 Å². The van der Waals surface area contributed by atoms with Crippen molar-refractivity contribution in [3.05, 3.63) is 17.2 Å². The Bertz CT molecular complexity index is 429. The Morgan fingerprint density at radius 3 is 2.77 bits per heavy atom. The van der Waals surface area contributed by atoms with Crippen LogP contribution in [0.15, 0.2) is 27.4 Å². The van der Waals surface area contributed by atoms with Gasteiger partial charge in [0.05, 0.1) is 17.4 Å². The van der Waals surface area contributed by atoms with Crippen molar-refractivity contribution in [2.24, 2.45) is 10.2 Å². The Balaban J connectivity index is 2.61. The molecule has 2 heterocycles. The second-order valence-corrected chi connectivity index (χ2v) is 2.61. The molecule has 13 heavy (non-hydrogen) atoms. The van der Waals surface area contributed by atoms with Gasteiger partial charge in [-0.3, -0.25) is 9.59 Å². The summed E-state index contributed by atoms with van der Waals surface area (Å²) >= 11 is 0.